The van der Waals surface area contributed by atoms with Crippen LogP contribution in [0.5, 0.6) is 0 Å². The topological polar surface area (TPSA) is 79.7 Å². The molecule has 1 aliphatic heterocycles. The van der Waals surface area contributed by atoms with Crippen LogP contribution in [0, 0.1) is 0 Å². The normalized spacial score (nSPS) is 22.4. The number of hydrogen-bond donors (Lipinski definition) is 1. The minimum atomic E-state index is -1.44. The molecule has 2 atom stereocenters. The highest BCUT2D eigenvalue weighted by Crippen LogP contribution is 2.30. The summed E-state index contributed by atoms with van der Waals surface area (Å²) in [4.78, 5) is 28.7. The first-order chi connectivity index (χ1) is 10.1. The van der Waals surface area contributed by atoms with E-state index in [0.717, 1.165) is 15.8 Å². The third kappa shape index (κ3) is 2.50. The second-order valence-electron chi connectivity index (χ2n) is 5.00. The third-order valence-corrected chi connectivity index (χ3v) is 4.41. The van der Waals surface area contributed by atoms with Crippen LogP contribution in [0.2, 0.25) is 0 Å². The van der Waals surface area contributed by atoms with Gasteiger partial charge in [-0.2, -0.15) is 0 Å². The van der Waals surface area contributed by atoms with Gasteiger partial charge >= 0.3 is 11.9 Å². The number of carboxylic acid groups (broad SMARTS) is 1. The molecule has 0 bridgehead atoms. The Morgan fingerprint density at radius 3 is 3.00 bits per heavy atom. The number of aromatic nitrogens is 1. The van der Waals surface area contributed by atoms with Crippen molar-refractivity contribution in [3.05, 3.63) is 29.3 Å². The van der Waals surface area contributed by atoms with E-state index in [4.69, 9.17) is 9.84 Å². The summed E-state index contributed by atoms with van der Waals surface area (Å²) in [5.41, 5.74) is 3.45. The number of thiazole rings is 1. The minimum absolute atomic E-state index is 0.279. The number of benzene rings is 1. The van der Waals surface area contributed by atoms with E-state index in [-0.39, 0.29) is 6.04 Å². The van der Waals surface area contributed by atoms with Crippen LogP contribution >= 0.6 is 11.3 Å². The summed E-state index contributed by atoms with van der Waals surface area (Å²) in [6.45, 7) is 2.42. The summed E-state index contributed by atoms with van der Waals surface area (Å²) in [6, 6.07) is 5.04. The Hall–Kier alpha value is -1.99. The predicted octanol–water partition coefficient (Wildman–Crippen LogP) is 1.67. The molecule has 6 nitrogen and oxygen atoms in total. The summed E-state index contributed by atoms with van der Waals surface area (Å²) in [5.74, 6) is -2.34. The number of morpholine rings is 1. The molecule has 1 fully saturated rings. The monoisotopic (exact) mass is 306 g/mol. The predicted molar refractivity (Wildman–Crippen MR) is 77.1 cm³/mol. The maximum absolute atomic E-state index is 12.0. The minimum Gasteiger partial charge on any atom is -0.474 e. The number of aliphatic carboxylic acids is 1. The molecule has 1 saturated heterocycles. The Balaban J connectivity index is 2.00. The van der Waals surface area contributed by atoms with Crippen molar-refractivity contribution in [1.82, 2.24) is 9.88 Å². The lowest BCUT2D eigenvalue weighted by Gasteiger charge is -2.39. The van der Waals surface area contributed by atoms with Gasteiger partial charge < -0.3 is 14.7 Å². The number of carbonyl (C=O) groups excluding carboxylic acids is 1. The third-order valence-electron chi connectivity index (χ3n) is 3.60. The summed E-state index contributed by atoms with van der Waals surface area (Å²) in [5, 5.41) is 9.01. The molecule has 7 heteroatoms. The lowest BCUT2D eigenvalue weighted by Crippen LogP contribution is -2.51. The van der Waals surface area contributed by atoms with E-state index in [0.29, 0.717) is 13.2 Å². The molecule has 2 heterocycles. The first-order valence-corrected chi connectivity index (χ1v) is 7.42. The molecule has 1 aliphatic rings. The molecule has 0 saturated carbocycles. The first kappa shape index (κ1) is 14.0. The Bertz CT molecular complexity index is 699. The van der Waals surface area contributed by atoms with Crippen molar-refractivity contribution < 1.29 is 19.4 Å². The van der Waals surface area contributed by atoms with Gasteiger partial charge in [0.2, 0.25) is 0 Å². The van der Waals surface area contributed by atoms with Gasteiger partial charge in [-0.1, -0.05) is 6.07 Å². The van der Waals surface area contributed by atoms with Crippen molar-refractivity contribution in [1.29, 1.82) is 0 Å². The largest absolute Gasteiger partial charge is 0.474 e. The molecule has 0 aliphatic carbocycles. The number of ether oxygens (including phenoxy) is 1. The Morgan fingerprint density at radius 1 is 1.43 bits per heavy atom. The molecule has 0 radical (unpaired) electrons. The first-order valence-electron chi connectivity index (χ1n) is 6.54. The summed E-state index contributed by atoms with van der Waals surface area (Å²) < 4.78 is 6.55. The van der Waals surface area contributed by atoms with Gasteiger partial charge in [0, 0.05) is 0 Å². The van der Waals surface area contributed by atoms with Crippen LogP contribution in [0.3, 0.4) is 0 Å². The standard InChI is InChI=1S/C14H14N2O4S/c1-8-5-20-6-11(16(8)13(17)14(18)19)9-2-3-12-10(4-9)15-7-21-12/h2-4,7-8,11H,5-6H2,1H3,(H,18,19)/t8-,11-/m1/s1. The molecule has 0 unspecified atom stereocenters. The second kappa shape index (κ2) is 5.42. The average molecular weight is 306 g/mol. The van der Waals surface area contributed by atoms with E-state index < -0.39 is 17.9 Å². The van der Waals surface area contributed by atoms with Crippen LogP contribution in [0.15, 0.2) is 23.7 Å². The van der Waals surface area contributed by atoms with Gasteiger partial charge in [0.25, 0.3) is 0 Å². The molecule has 110 valence electrons. The van der Waals surface area contributed by atoms with Gasteiger partial charge in [-0.05, 0) is 24.6 Å². The Morgan fingerprint density at radius 2 is 2.24 bits per heavy atom. The van der Waals surface area contributed by atoms with Crippen molar-refractivity contribution in [3.8, 4) is 0 Å². The van der Waals surface area contributed by atoms with Crippen molar-refractivity contribution >= 4 is 33.4 Å². The lowest BCUT2D eigenvalue weighted by molar-refractivity contribution is -0.164. The molecule has 0 spiro atoms. The van der Waals surface area contributed by atoms with E-state index in [1.165, 1.54) is 16.2 Å². The van der Waals surface area contributed by atoms with Gasteiger partial charge in [0.05, 0.1) is 41.0 Å². The molecule has 3 rings (SSSR count). The molecule has 1 N–H and O–H groups in total. The van der Waals surface area contributed by atoms with E-state index in [2.05, 4.69) is 4.98 Å². The van der Waals surface area contributed by atoms with Gasteiger partial charge in [0.15, 0.2) is 0 Å². The highest BCUT2D eigenvalue weighted by atomic mass is 32.1. The SMILES string of the molecule is C[C@@H]1COC[C@H](c2ccc3scnc3c2)N1C(=O)C(=O)O. The molecule has 1 aromatic carbocycles. The summed E-state index contributed by atoms with van der Waals surface area (Å²) in [6.07, 6.45) is 0. The van der Waals surface area contributed by atoms with E-state index in [1.807, 2.05) is 18.2 Å². The van der Waals surface area contributed by atoms with Gasteiger partial charge in [-0.15, -0.1) is 11.3 Å². The maximum atomic E-state index is 12.0. The van der Waals surface area contributed by atoms with Crippen molar-refractivity contribution in [3.63, 3.8) is 0 Å². The molecule has 1 amide bonds. The Labute approximate surface area is 125 Å². The van der Waals surface area contributed by atoms with Crippen LogP contribution in [-0.4, -0.2) is 46.1 Å². The molecule has 2 aromatic rings. The number of fused-ring (bicyclic) bond motifs is 1. The molecular formula is C14H14N2O4S. The fourth-order valence-corrected chi connectivity index (χ4v) is 3.27. The number of carbonyl (C=O) groups is 2. The van der Waals surface area contributed by atoms with Gasteiger partial charge in [0.1, 0.15) is 0 Å². The van der Waals surface area contributed by atoms with E-state index >= 15 is 0 Å². The highest BCUT2D eigenvalue weighted by Gasteiger charge is 2.36. The van der Waals surface area contributed by atoms with Crippen LogP contribution in [0.25, 0.3) is 10.2 Å². The molecule has 1 aromatic heterocycles. The lowest BCUT2D eigenvalue weighted by atomic mass is 10.0. The number of carboxylic acids is 1. The van der Waals surface area contributed by atoms with Crippen LogP contribution < -0.4 is 0 Å². The van der Waals surface area contributed by atoms with E-state index in [1.54, 1.807) is 12.4 Å². The van der Waals surface area contributed by atoms with Crippen molar-refractivity contribution in [2.24, 2.45) is 0 Å². The number of hydrogen-bond acceptors (Lipinski definition) is 5. The van der Waals surface area contributed by atoms with Gasteiger partial charge in [-0.25, -0.2) is 9.78 Å². The van der Waals surface area contributed by atoms with Crippen molar-refractivity contribution in [2.75, 3.05) is 13.2 Å². The Kier molecular flexibility index (Phi) is 3.60. The second-order valence-corrected chi connectivity index (χ2v) is 5.89. The quantitative estimate of drug-likeness (QED) is 0.811. The van der Waals surface area contributed by atoms with E-state index in [9.17, 15) is 9.59 Å². The number of amides is 1. The average Bonchev–Trinajstić information content (AvgIpc) is 2.93. The fourth-order valence-electron chi connectivity index (χ4n) is 2.61. The highest BCUT2D eigenvalue weighted by molar-refractivity contribution is 7.16. The smallest absolute Gasteiger partial charge is 0.394 e. The van der Waals surface area contributed by atoms with Crippen LogP contribution in [0.4, 0.5) is 0 Å². The number of rotatable bonds is 1. The van der Waals surface area contributed by atoms with Crippen molar-refractivity contribution in [2.45, 2.75) is 19.0 Å². The molecular weight excluding hydrogens is 292 g/mol. The zero-order valence-corrected chi connectivity index (χ0v) is 12.2. The zero-order valence-electron chi connectivity index (χ0n) is 11.4. The molecule has 21 heavy (non-hydrogen) atoms. The number of nitrogens with zero attached hydrogens (tertiary/aromatic N) is 2. The van der Waals surface area contributed by atoms with Gasteiger partial charge in [-0.3, -0.25) is 4.79 Å². The fraction of sp³-hybridized carbons (Fsp3) is 0.357. The summed E-state index contributed by atoms with van der Waals surface area (Å²) in [7, 11) is 0. The summed E-state index contributed by atoms with van der Waals surface area (Å²) >= 11 is 1.54. The van der Waals surface area contributed by atoms with Crippen LogP contribution in [-0.2, 0) is 14.3 Å². The zero-order chi connectivity index (χ0) is 15.0. The van der Waals surface area contributed by atoms with Crippen LogP contribution in [0.1, 0.15) is 18.5 Å². The maximum Gasteiger partial charge on any atom is 0.394 e.